The SMILES string of the molecule is CCc1ccc2c(CN3CCc4sccc4[C@@H]3C3CC3)cc(=O)oc2c1. The monoisotopic (exact) mass is 365 g/mol. The average Bonchev–Trinajstić information content (AvgIpc) is 3.36. The maximum absolute atomic E-state index is 12.1. The van der Waals surface area contributed by atoms with Crippen molar-refractivity contribution in [1.29, 1.82) is 0 Å². The van der Waals surface area contributed by atoms with Crippen LogP contribution in [-0.4, -0.2) is 11.4 Å². The van der Waals surface area contributed by atoms with E-state index in [1.807, 2.05) is 17.4 Å². The van der Waals surface area contributed by atoms with Gasteiger partial charge in [0.1, 0.15) is 5.58 Å². The van der Waals surface area contributed by atoms with E-state index >= 15 is 0 Å². The molecule has 0 saturated heterocycles. The van der Waals surface area contributed by atoms with Crippen molar-refractivity contribution in [2.75, 3.05) is 6.54 Å². The Morgan fingerprint density at radius 3 is 2.92 bits per heavy atom. The van der Waals surface area contributed by atoms with Crippen LogP contribution in [0.4, 0.5) is 0 Å². The zero-order valence-corrected chi connectivity index (χ0v) is 15.8. The normalized spacial score (nSPS) is 20.4. The molecule has 26 heavy (non-hydrogen) atoms. The van der Waals surface area contributed by atoms with Crippen LogP contribution in [0.5, 0.6) is 0 Å². The summed E-state index contributed by atoms with van der Waals surface area (Å²) in [4.78, 5) is 16.3. The third kappa shape index (κ3) is 2.81. The number of hydrogen-bond acceptors (Lipinski definition) is 4. The molecule has 0 N–H and O–H groups in total. The van der Waals surface area contributed by atoms with E-state index in [4.69, 9.17) is 4.42 Å². The number of thiophene rings is 1. The number of fused-ring (bicyclic) bond motifs is 2. The van der Waals surface area contributed by atoms with Crippen molar-refractivity contribution in [1.82, 2.24) is 4.90 Å². The third-order valence-electron chi connectivity index (χ3n) is 5.86. The Morgan fingerprint density at radius 2 is 2.12 bits per heavy atom. The molecule has 1 aliphatic carbocycles. The summed E-state index contributed by atoms with van der Waals surface area (Å²) in [7, 11) is 0. The van der Waals surface area contributed by atoms with Crippen LogP contribution >= 0.6 is 11.3 Å². The summed E-state index contributed by atoms with van der Waals surface area (Å²) in [5.74, 6) is 0.779. The van der Waals surface area contributed by atoms with Gasteiger partial charge in [0.25, 0.3) is 0 Å². The molecule has 3 nitrogen and oxygen atoms in total. The molecule has 1 atom stereocenters. The number of benzene rings is 1. The predicted molar refractivity (Wildman–Crippen MR) is 106 cm³/mol. The highest BCUT2D eigenvalue weighted by Gasteiger charge is 2.39. The Labute approximate surface area is 157 Å². The fourth-order valence-electron chi connectivity index (χ4n) is 4.38. The Bertz CT molecular complexity index is 1010. The molecule has 4 heteroatoms. The summed E-state index contributed by atoms with van der Waals surface area (Å²) in [6.45, 7) is 4.02. The molecule has 0 bridgehead atoms. The molecule has 0 radical (unpaired) electrons. The fraction of sp³-hybridized carbons (Fsp3) is 0.409. The van der Waals surface area contributed by atoms with Gasteiger partial charge in [0, 0.05) is 35.5 Å². The van der Waals surface area contributed by atoms with Gasteiger partial charge in [0.05, 0.1) is 0 Å². The van der Waals surface area contributed by atoms with Crippen LogP contribution in [0.2, 0.25) is 0 Å². The minimum atomic E-state index is -0.239. The molecule has 3 aromatic rings. The highest BCUT2D eigenvalue weighted by atomic mass is 32.1. The lowest BCUT2D eigenvalue weighted by Gasteiger charge is -2.36. The molecule has 1 aromatic carbocycles. The first-order valence-corrected chi connectivity index (χ1v) is 10.5. The second kappa shape index (κ2) is 6.36. The Kier molecular flexibility index (Phi) is 3.98. The maximum Gasteiger partial charge on any atom is 0.336 e. The lowest BCUT2D eigenvalue weighted by atomic mass is 9.95. The number of aryl methyl sites for hydroxylation is 1. The van der Waals surface area contributed by atoms with Crippen LogP contribution in [0.1, 0.15) is 47.4 Å². The van der Waals surface area contributed by atoms with E-state index in [1.165, 1.54) is 24.0 Å². The van der Waals surface area contributed by atoms with E-state index in [0.29, 0.717) is 6.04 Å². The molecular formula is C22H23NO2S. The van der Waals surface area contributed by atoms with Gasteiger partial charge in [0.2, 0.25) is 0 Å². The Balaban J connectivity index is 1.54. The summed E-state index contributed by atoms with van der Waals surface area (Å²) in [6.07, 6.45) is 4.72. The fourth-order valence-corrected chi connectivity index (χ4v) is 5.30. The van der Waals surface area contributed by atoms with E-state index in [1.54, 1.807) is 10.9 Å². The van der Waals surface area contributed by atoms with Crippen molar-refractivity contribution in [2.45, 2.75) is 45.2 Å². The predicted octanol–water partition coefficient (Wildman–Crippen LogP) is 4.93. The summed E-state index contributed by atoms with van der Waals surface area (Å²) in [5, 5.41) is 3.31. The quantitative estimate of drug-likeness (QED) is 0.615. The summed E-state index contributed by atoms with van der Waals surface area (Å²) >= 11 is 1.90. The first kappa shape index (κ1) is 16.3. The van der Waals surface area contributed by atoms with Crippen molar-refractivity contribution < 1.29 is 4.42 Å². The Morgan fingerprint density at radius 1 is 1.23 bits per heavy atom. The van der Waals surface area contributed by atoms with Gasteiger partial charge in [-0.15, -0.1) is 11.3 Å². The molecular weight excluding hydrogens is 342 g/mol. The molecule has 1 fully saturated rings. The summed E-state index contributed by atoms with van der Waals surface area (Å²) in [5.41, 5.74) is 4.32. The standard InChI is InChI=1S/C22H23NO2S/c1-2-14-3-6-17-16(12-21(24)25-19(17)11-14)13-23-9-7-20-18(8-10-26-20)22(23)15-4-5-15/h3,6,8,10-12,15,22H,2,4-5,7,9,13H2,1H3/t22-/m0/s1. The summed E-state index contributed by atoms with van der Waals surface area (Å²) in [6, 6.07) is 10.8. The highest BCUT2D eigenvalue weighted by molar-refractivity contribution is 7.10. The van der Waals surface area contributed by atoms with E-state index < -0.39 is 0 Å². The molecule has 0 spiro atoms. The minimum Gasteiger partial charge on any atom is -0.423 e. The van der Waals surface area contributed by atoms with Crippen molar-refractivity contribution >= 4 is 22.3 Å². The molecule has 0 amide bonds. The van der Waals surface area contributed by atoms with Crippen LogP contribution < -0.4 is 5.63 Å². The van der Waals surface area contributed by atoms with Crippen molar-refractivity contribution in [3.8, 4) is 0 Å². The molecule has 3 heterocycles. The van der Waals surface area contributed by atoms with Crippen molar-refractivity contribution in [2.24, 2.45) is 5.92 Å². The largest absolute Gasteiger partial charge is 0.423 e. The van der Waals surface area contributed by atoms with Crippen LogP contribution in [0.25, 0.3) is 11.0 Å². The van der Waals surface area contributed by atoms with E-state index in [9.17, 15) is 4.79 Å². The van der Waals surface area contributed by atoms with Crippen molar-refractivity contribution in [3.05, 3.63) is 67.7 Å². The number of rotatable bonds is 4. The topological polar surface area (TPSA) is 33.5 Å². The molecule has 1 saturated carbocycles. The van der Waals surface area contributed by atoms with Gasteiger partial charge in [-0.3, -0.25) is 4.90 Å². The lowest BCUT2D eigenvalue weighted by Crippen LogP contribution is -2.35. The van der Waals surface area contributed by atoms with Crippen molar-refractivity contribution in [3.63, 3.8) is 0 Å². The van der Waals surface area contributed by atoms with Gasteiger partial charge in [-0.05, 0) is 65.8 Å². The van der Waals surface area contributed by atoms with Gasteiger partial charge in [-0.1, -0.05) is 19.1 Å². The first-order chi connectivity index (χ1) is 12.7. The van der Waals surface area contributed by atoms with Crippen LogP contribution in [-0.2, 0) is 19.4 Å². The van der Waals surface area contributed by atoms with Gasteiger partial charge in [0.15, 0.2) is 0 Å². The van der Waals surface area contributed by atoms with Crippen LogP contribution in [0, 0.1) is 5.92 Å². The molecule has 1 aliphatic heterocycles. The first-order valence-electron chi connectivity index (χ1n) is 9.59. The van der Waals surface area contributed by atoms with E-state index in [2.05, 4.69) is 35.4 Å². The Hall–Kier alpha value is -1.91. The molecule has 134 valence electrons. The molecule has 5 rings (SSSR count). The molecule has 0 unspecified atom stereocenters. The molecule has 2 aliphatic rings. The second-order valence-corrected chi connectivity index (χ2v) is 8.58. The van der Waals surface area contributed by atoms with E-state index in [0.717, 1.165) is 48.4 Å². The number of nitrogens with zero attached hydrogens (tertiary/aromatic N) is 1. The summed E-state index contributed by atoms with van der Waals surface area (Å²) < 4.78 is 5.49. The van der Waals surface area contributed by atoms with Crippen LogP contribution in [0.3, 0.4) is 0 Å². The van der Waals surface area contributed by atoms with Gasteiger partial charge >= 0.3 is 5.63 Å². The lowest BCUT2D eigenvalue weighted by molar-refractivity contribution is 0.158. The van der Waals surface area contributed by atoms with Gasteiger partial charge in [-0.25, -0.2) is 4.79 Å². The maximum atomic E-state index is 12.1. The number of hydrogen-bond donors (Lipinski definition) is 0. The molecule has 2 aromatic heterocycles. The zero-order valence-electron chi connectivity index (χ0n) is 15.0. The second-order valence-electron chi connectivity index (χ2n) is 7.58. The van der Waals surface area contributed by atoms with E-state index in [-0.39, 0.29) is 5.63 Å². The van der Waals surface area contributed by atoms with Crippen LogP contribution in [0.15, 0.2) is 44.9 Å². The highest BCUT2D eigenvalue weighted by Crippen LogP contribution is 2.48. The third-order valence-corrected chi connectivity index (χ3v) is 6.86. The zero-order chi connectivity index (χ0) is 17.7. The van der Waals surface area contributed by atoms with Gasteiger partial charge < -0.3 is 4.42 Å². The van der Waals surface area contributed by atoms with Gasteiger partial charge in [-0.2, -0.15) is 0 Å². The minimum absolute atomic E-state index is 0.239. The smallest absolute Gasteiger partial charge is 0.336 e. The average molecular weight is 365 g/mol.